The Morgan fingerprint density at radius 3 is 2.59 bits per heavy atom. The summed E-state index contributed by atoms with van der Waals surface area (Å²) >= 11 is 6.14. The van der Waals surface area contributed by atoms with Gasteiger partial charge in [-0.1, -0.05) is 29.5 Å². The van der Waals surface area contributed by atoms with Crippen LogP contribution in [0.1, 0.15) is 21.5 Å². The maximum atomic E-state index is 12.1. The number of carbonyl (C=O) groups is 1. The van der Waals surface area contributed by atoms with Gasteiger partial charge in [0.15, 0.2) is 3.95 Å². The zero-order valence-electron chi connectivity index (χ0n) is 9.40. The minimum Gasteiger partial charge on any atom is -0.296 e. The highest BCUT2D eigenvalue weighted by Gasteiger charge is 2.13. The Balaban J connectivity index is 2.29. The Bertz CT molecular complexity index is 595. The second kappa shape index (κ2) is 4.77. The zero-order chi connectivity index (χ0) is 12.4. The summed E-state index contributed by atoms with van der Waals surface area (Å²) in [5, 5.41) is 9.74. The maximum absolute atomic E-state index is 12.1. The lowest BCUT2D eigenvalue weighted by atomic mass is 10.0. The average molecular weight is 265 g/mol. The van der Waals surface area contributed by atoms with Crippen molar-refractivity contribution in [2.75, 3.05) is 5.32 Å². The van der Waals surface area contributed by atoms with Crippen LogP contribution in [0.4, 0.5) is 5.13 Å². The minimum absolute atomic E-state index is 0.154. The highest BCUT2D eigenvalue weighted by molar-refractivity contribution is 7.73. The second-order valence-corrected chi connectivity index (χ2v) is 5.30. The van der Waals surface area contributed by atoms with Gasteiger partial charge in [-0.3, -0.25) is 15.2 Å². The summed E-state index contributed by atoms with van der Waals surface area (Å²) in [6, 6.07) is 5.75. The summed E-state index contributed by atoms with van der Waals surface area (Å²) in [5.41, 5.74) is 2.58. The largest absolute Gasteiger partial charge is 0.296 e. The van der Waals surface area contributed by atoms with Crippen LogP contribution in [0.5, 0.6) is 0 Å². The van der Waals surface area contributed by atoms with E-state index in [1.807, 2.05) is 32.0 Å². The molecule has 0 unspecified atom stereocenters. The molecule has 1 aromatic carbocycles. The molecule has 2 N–H and O–H groups in total. The second-order valence-electron chi connectivity index (χ2n) is 3.64. The molecule has 17 heavy (non-hydrogen) atoms. The number of hydrogen-bond acceptors (Lipinski definition) is 4. The Labute approximate surface area is 108 Å². The molecule has 0 spiro atoms. The number of H-pyrrole nitrogens is 1. The van der Waals surface area contributed by atoms with Gasteiger partial charge in [-0.05, 0) is 37.2 Å². The predicted molar refractivity (Wildman–Crippen MR) is 71.2 cm³/mol. The van der Waals surface area contributed by atoms with E-state index in [1.54, 1.807) is 0 Å². The molecule has 1 heterocycles. The van der Waals surface area contributed by atoms with E-state index >= 15 is 0 Å². The van der Waals surface area contributed by atoms with E-state index in [9.17, 15) is 4.79 Å². The van der Waals surface area contributed by atoms with Gasteiger partial charge in [0.2, 0.25) is 5.13 Å². The number of benzene rings is 1. The quantitative estimate of drug-likeness (QED) is 0.820. The lowest BCUT2D eigenvalue weighted by Crippen LogP contribution is -2.14. The number of amides is 1. The van der Waals surface area contributed by atoms with Crippen molar-refractivity contribution in [2.45, 2.75) is 13.8 Å². The molecule has 2 aromatic rings. The van der Waals surface area contributed by atoms with Crippen molar-refractivity contribution in [3.63, 3.8) is 0 Å². The molecule has 1 amide bonds. The molecule has 2 rings (SSSR count). The Kier molecular flexibility index (Phi) is 3.35. The fourth-order valence-corrected chi connectivity index (χ4v) is 2.40. The van der Waals surface area contributed by atoms with E-state index in [4.69, 9.17) is 12.2 Å². The van der Waals surface area contributed by atoms with Crippen LogP contribution in [0.15, 0.2) is 18.2 Å². The van der Waals surface area contributed by atoms with Crippen LogP contribution in [-0.4, -0.2) is 16.1 Å². The molecule has 0 aliphatic rings. The number of aryl methyl sites for hydroxylation is 2. The van der Waals surface area contributed by atoms with Gasteiger partial charge < -0.3 is 0 Å². The van der Waals surface area contributed by atoms with E-state index in [0.29, 0.717) is 14.6 Å². The Morgan fingerprint density at radius 1 is 1.41 bits per heavy atom. The first-order chi connectivity index (χ1) is 8.08. The summed E-state index contributed by atoms with van der Waals surface area (Å²) in [4.78, 5) is 12.1. The van der Waals surface area contributed by atoms with Gasteiger partial charge in [-0.25, -0.2) is 0 Å². The van der Waals surface area contributed by atoms with Crippen molar-refractivity contribution in [3.8, 4) is 0 Å². The number of nitrogens with zero attached hydrogens (tertiary/aromatic N) is 1. The van der Waals surface area contributed by atoms with Gasteiger partial charge in [-0.2, -0.15) is 0 Å². The third kappa shape index (κ3) is 2.59. The molecule has 4 nitrogen and oxygen atoms in total. The number of rotatable bonds is 2. The summed E-state index contributed by atoms with van der Waals surface area (Å²) < 4.78 is 0.543. The molecule has 0 fully saturated rings. The Hall–Kier alpha value is -1.53. The van der Waals surface area contributed by atoms with Gasteiger partial charge in [0.1, 0.15) is 0 Å². The highest BCUT2D eigenvalue weighted by atomic mass is 32.1. The summed E-state index contributed by atoms with van der Waals surface area (Å²) in [6.07, 6.45) is 0. The van der Waals surface area contributed by atoms with Gasteiger partial charge >= 0.3 is 0 Å². The third-order valence-corrected chi connectivity index (χ3v) is 3.37. The van der Waals surface area contributed by atoms with Gasteiger partial charge in [0, 0.05) is 5.56 Å². The number of hydrogen-bond donors (Lipinski definition) is 2. The Morgan fingerprint density at radius 2 is 2.06 bits per heavy atom. The monoisotopic (exact) mass is 265 g/mol. The van der Waals surface area contributed by atoms with E-state index in [0.717, 1.165) is 11.1 Å². The first-order valence-electron chi connectivity index (χ1n) is 5.01. The minimum atomic E-state index is -0.154. The van der Waals surface area contributed by atoms with E-state index < -0.39 is 0 Å². The fourth-order valence-electron chi connectivity index (χ4n) is 1.62. The molecule has 0 bridgehead atoms. The van der Waals surface area contributed by atoms with Crippen molar-refractivity contribution in [1.29, 1.82) is 0 Å². The highest BCUT2D eigenvalue weighted by Crippen LogP contribution is 2.17. The molecule has 0 saturated carbocycles. The molecule has 0 atom stereocenters. The van der Waals surface area contributed by atoms with Gasteiger partial charge in [-0.15, -0.1) is 5.10 Å². The van der Waals surface area contributed by atoms with Crippen LogP contribution < -0.4 is 5.32 Å². The maximum Gasteiger partial charge on any atom is 0.258 e. The number of aromatic nitrogens is 2. The average Bonchev–Trinajstić information content (AvgIpc) is 2.63. The first kappa shape index (κ1) is 11.9. The summed E-state index contributed by atoms with van der Waals surface area (Å²) in [7, 11) is 0. The molecule has 0 aliphatic carbocycles. The van der Waals surface area contributed by atoms with Crippen molar-refractivity contribution in [3.05, 3.63) is 38.8 Å². The smallest absolute Gasteiger partial charge is 0.258 e. The number of anilines is 1. The zero-order valence-corrected chi connectivity index (χ0v) is 11.0. The molecule has 1 aromatic heterocycles. The normalized spacial score (nSPS) is 10.2. The van der Waals surface area contributed by atoms with Gasteiger partial charge in [0.05, 0.1) is 0 Å². The van der Waals surface area contributed by atoms with E-state index in [-0.39, 0.29) is 5.91 Å². The topological polar surface area (TPSA) is 57.8 Å². The van der Waals surface area contributed by atoms with Crippen molar-refractivity contribution < 1.29 is 4.79 Å². The molecule has 0 radical (unpaired) electrons. The van der Waals surface area contributed by atoms with Crippen LogP contribution >= 0.6 is 23.6 Å². The van der Waals surface area contributed by atoms with Crippen molar-refractivity contribution >= 4 is 34.6 Å². The van der Waals surface area contributed by atoms with Crippen LogP contribution in [0.2, 0.25) is 0 Å². The van der Waals surface area contributed by atoms with Crippen LogP contribution in [-0.2, 0) is 0 Å². The first-order valence-corrected chi connectivity index (χ1v) is 6.23. The van der Waals surface area contributed by atoms with Crippen molar-refractivity contribution in [1.82, 2.24) is 10.2 Å². The SMILES string of the molecule is Cc1cccc(C)c1C(=O)Nc1n[nH]c(=S)s1. The molecular weight excluding hydrogens is 254 g/mol. The molecule has 88 valence electrons. The number of nitrogens with one attached hydrogen (secondary N) is 2. The van der Waals surface area contributed by atoms with Gasteiger partial charge in [0.25, 0.3) is 5.91 Å². The standard InChI is InChI=1S/C11H11N3OS2/c1-6-4-3-5-7(2)8(6)9(15)12-10-13-14-11(16)17-10/h3-5H,1-2H3,(H,14,16)(H,12,13,15). The predicted octanol–water partition coefficient (Wildman–Crippen LogP) is 3.07. The van der Waals surface area contributed by atoms with E-state index in [1.165, 1.54) is 11.3 Å². The number of carbonyl (C=O) groups excluding carboxylic acids is 1. The molecule has 0 saturated heterocycles. The lowest BCUT2D eigenvalue weighted by Gasteiger charge is -2.07. The lowest BCUT2D eigenvalue weighted by molar-refractivity contribution is 0.102. The van der Waals surface area contributed by atoms with Crippen LogP contribution in [0.3, 0.4) is 0 Å². The number of aromatic amines is 1. The summed E-state index contributed by atoms with van der Waals surface area (Å²) in [5.74, 6) is -0.154. The third-order valence-electron chi connectivity index (χ3n) is 2.37. The molecule has 6 heteroatoms. The molecule has 0 aliphatic heterocycles. The molecular formula is C11H11N3OS2. The van der Waals surface area contributed by atoms with Crippen molar-refractivity contribution in [2.24, 2.45) is 0 Å². The summed E-state index contributed by atoms with van der Waals surface area (Å²) in [6.45, 7) is 3.82. The van der Waals surface area contributed by atoms with Crippen LogP contribution in [0, 0.1) is 17.8 Å². The van der Waals surface area contributed by atoms with E-state index in [2.05, 4.69) is 15.5 Å². The fraction of sp³-hybridized carbons (Fsp3) is 0.182. The van der Waals surface area contributed by atoms with Crippen LogP contribution in [0.25, 0.3) is 0 Å².